The molecule has 0 aliphatic carbocycles. The number of benzene rings is 3. The first-order chi connectivity index (χ1) is 15.0. The van der Waals surface area contributed by atoms with Crippen LogP contribution < -0.4 is 10.5 Å². The maximum Gasteiger partial charge on any atom is 0.342 e. The maximum atomic E-state index is 12.9. The van der Waals surface area contributed by atoms with Crippen molar-refractivity contribution in [2.24, 2.45) is 0 Å². The molecule has 0 saturated carbocycles. The van der Waals surface area contributed by atoms with Crippen LogP contribution in [0.4, 0.5) is 5.69 Å². The Morgan fingerprint density at radius 2 is 1.48 bits per heavy atom. The van der Waals surface area contributed by atoms with Gasteiger partial charge in [-0.1, -0.05) is 72.3 Å². The van der Waals surface area contributed by atoms with Gasteiger partial charge in [-0.15, -0.1) is 0 Å². The maximum absolute atomic E-state index is 12.9. The highest BCUT2D eigenvalue weighted by molar-refractivity contribution is 6.33. The van der Waals surface area contributed by atoms with Crippen molar-refractivity contribution >= 4 is 29.2 Å². The highest BCUT2D eigenvalue weighted by Gasteiger charge is 2.20. The molecule has 0 aliphatic rings. The summed E-state index contributed by atoms with van der Waals surface area (Å²) in [7, 11) is 1.41. The summed E-state index contributed by atoms with van der Waals surface area (Å²) in [5.41, 5.74) is 8.09. The van der Waals surface area contributed by atoms with Crippen LogP contribution in [0.25, 0.3) is 0 Å². The number of ether oxygens (including phenoxy) is 2. The molecule has 0 saturated heterocycles. The van der Waals surface area contributed by atoms with Gasteiger partial charge >= 0.3 is 5.97 Å². The fraction of sp³-hybridized carbons (Fsp3) is 0.167. The number of hydrogen-bond donors (Lipinski definition) is 1. The second-order valence-corrected chi connectivity index (χ2v) is 7.28. The predicted molar refractivity (Wildman–Crippen MR) is 120 cm³/mol. The largest absolute Gasteiger partial charge is 0.496 e. The summed E-state index contributed by atoms with van der Waals surface area (Å²) in [6, 6.07) is 22.1. The smallest absolute Gasteiger partial charge is 0.342 e. The van der Waals surface area contributed by atoms with Crippen LogP contribution in [0, 0.1) is 0 Å². The molecule has 0 aliphatic heterocycles. The summed E-state index contributed by atoms with van der Waals surface area (Å²) in [5, 5.41) is 0.203. The van der Waals surface area contributed by atoms with Gasteiger partial charge in [0.2, 0.25) is 0 Å². The van der Waals surface area contributed by atoms with Crippen LogP contribution in [-0.4, -0.2) is 30.5 Å². The SMILES string of the molecule is COc1cc(N)c(Cl)cc1C(=O)OCC(=O)N(Cc1ccccc1)Cc1ccccc1. The van der Waals surface area contributed by atoms with E-state index < -0.39 is 12.6 Å². The van der Waals surface area contributed by atoms with Gasteiger partial charge in [0.15, 0.2) is 6.61 Å². The first-order valence-corrected chi connectivity index (χ1v) is 10.0. The molecule has 2 N–H and O–H groups in total. The van der Waals surface area contributed by atoms with Gasteiger partial charge in [0.1, 0.15) is 11.3 Å². The van der Waals surface area contributed by atoms with E-state index in [4.69, 9.17) is 26.8 Å². The number of hydrogen-bond acceptors (Lipinski definition) is 5. The fourth-order valence-electron chi connectivity index (χ4n) is 3.03. The third kappa shape index (κ3) is 5.99. The van der Waals surface area contributed by atoms with Gasteiger partial charge < -0.3 is 20.1 Å². The van der Waals surface area contributed by atoms with E-state index in [0.29, 0.717) is 13.1 Å². The summed E-state index contributed by atoms with van der Waals surface area (Å²) >= 11 is 6.02. The number of rotatable bonds is 8. The minimum Gasteiger partial charge on any atom is -0.496 e. The van der Waals surface area contributed by atoms with Crippen molar-refractivity contribution < 1.29 is 19.1 Å². The highest BCUT2D eigenvalue weighted by Crippen LogP contribution is 2.29. The minimum atomic E-state index is -0.716. The normalized spacial score (nSPS) is 10.4. The average Bonchev–Trinajstić information content (AvgIpc) is 2.79. The molecule has 0 atom stereocenters. The third-order valence-electron chi connectivity index (χ3n) is 4.65. The van der Waals surface area contributed by atoms with Gasteiger partial charge in [-0.25, -0.2) is 4.79 Å². The average molecular weight is 439 g/mol. The van der Waals surface area contributed by atoms with Crippen molar-refractivity contribution in [1.82, 2.24) is 4.90 Å². The van der Waals surface area contributed by atoms with Crippen LogP contribution >= 0.6 is 11.6 Å². The molecule has 160 valence electrons. The molecule has 3 aromatic rings. The molecule has 0 fully saturated rings. The number of methoxy groups -OCH3 is 1. The van der Waals surface area contributed by atoms with Crippen LogP contribution in [0.1, 0.15) is 21.5 Å². The zero-order valence-corrected chi connectivity index (χ0v) is 17.8. The molecular weight excluding hydrogens is 416 g/mol. The minimum absolute atomic E-state index is 0.104. The first-order valence-electron chi connectivity index (χ1n) is 9.63. The topological polar surface area (TPSA) is 81.9 Å². The third-order valence-corrected chi connectivity index (χ3v) is 4.98. The van der Waals surface area contributed by atoms with Gasteiger partial charge in [-0.3, -0.25) is 4.79 Å². The van der Waals surface area contributed by atoms with E-state index in [1.54, 1.807) is 4.90 Å². The molecule has 0 unspecified atom stereocenters. The van der Waals surface area contributed by atoms with Crippen LogP contribution in [0.15, 0.2) is 72.8 Å². The molecule has 6 nitrogen and oxygen atoms in total. The van der Waals surface area contributed by atoms with Crippen LogP contribution in [-0.2, 0) is 22.6 Å². The molecule has 31 heavy (non-hydrogen) atoms. The molecular formula is C24H23ClN2O4. The van der Waals surface area contributed by atoms with Crippen LogP contribution in [0.2, 0.25) is 5.02 Å². The van der Waals surface area contributed by atoms with Gasteiger partial charge in [0.25, 0.3) is 5.91 Å². The van der Waals surface area contributed by atoms with Gasteiger partial charge in [-0.05, 0) is 17.2 Å². The number of carbonyl (C=O) groups excluding carboxylic acids is 2. The molecule has 0 radical (unpaired) electrons. The number of amides is 1. The lowest BCUT2D eigenvalue weighted by atomic mass is 10.1. The van der Waals surface area contributed by atoms with E-state index in [-0.39, 0.29) is 27.9 Å². The van der Waals surface area contributed by atoms with E-state index in [1.807, 2.05) is 60.7 Å². The Balaban J connectivity index is 1.72. The fourth-order valence-corrected chi connectivity index (χ4v) is 3.20. The van der Waals surface area contributed by atoms with Crippen molar-refractivity contribution in [1.29, 1.82) is 0 Å². The summed E-state index contributed by atoms with van der Waals surface area (Å²) in [5.74, 6) is -0.808. The molecule has 0 heterocycles. The number of esters is 1. The Hall–Kier alpha value is -3.51. The van der Waals surface area contributed by atoms with E-state index in [2.05, 4.69) is 0 Å². The molecule has 1 amide bonds. The summed E-state index contributed by atoms with van der Waals surface area (Å²) < 4.78 is 10.5. The van der Waals surface area contributed by atoms with Crippen molar-refractivity contribution in [2.45, 2.75) is 13.1 Å². The lowest BCUT2D eigenvalue weighted by Gasteiger charge is -2.23. The van der Waals surface area contributed by atoms with Crippen LogP contribution in [0.5, 0.6) is 5.75 Å². The molecule has 0 bridgehead atoms. The number of nitrogens with zero attached hydrogens (tertiary/aromatic N) is 1. The van der Waals surface area contributed by atoms with E-state index in [9.17, 15) is 9.59 Å². The van der Waals surface area contributed by atoms with Gasteiger partial charge in [-0.2, -0.15) is 0 Å². The zero-order valence-electron chi connectivity index (χ0n) is 17.1. The molecule has 3 aromatic carbocycles. The Morgan fingerprint density at radius 1 is 0.935 bits per heavy atom. The van der Waals surface area contributed by atoms with Crippen molar-refractivity contribution in [3.05, 3.63) is 94.5 Å². The Morgan fingerprint density at radius 3 is 2.00 bits per heavy atom. The van der Waals surface area contributed by atoms with Crippen molar-refractivity contribution in [3.8, 4) is 5.75 Å². The Kier molecular flexibility index (Phi) is 7.51. The quantitative estimate of drug-likeness (QED) is 0.418. The highest BCUT2D eigenvalue weighted by atomic mass is 35.5. The number of nitrogen functional groups attached to an aromatic ring is 1. The number of halogens is 1. The predicted octanol–water partition coefficient (Wildman–Crippen LogP) is 4.32. The van der Waals surface area contributed by atoms with Gasteiger partial charge in [0, 0.05) is 19.2 Å². The van der Waals surface area contributed by atoms with E-state index in [1.165, 1.54) is 19.2 Å². The lowest BCUT2D eigenvalue weighted by Crippen LogP contribution is -2.34. The number of anilines is 1. The van der Waals surface area contributed by atoms with Crippen molar-refractivity contribution in [2.75, 3.05) is 19.5 Å². The second kappa shape index (κ2) is 10.5. The van der Waals surface area contributed by atoms with E-state index >= 15 is 0 Å². The Labute approximate surface area is 186 Å². The van der Waals surface area contributed by atoms with Crippen molar-refractivity contribution in [3.63, 3.8) is 0 Å². The second-order valence-electron chi connectivity index (χ2n) is 6.87. The van der Waals surface area contributed by atoms with E-state index in [0.717, 1.165) is 11.1 Å². The molecule has 0 spiro atoms. The van der Waals surface area contributed by atoms with Crippen LogP contribution in [0.3, 0.4) is 0 Å². The number of nitrogens with two attached hydrogens (primary N) is 1. The zero-order chi connectivity index (χ0) is 22.2. The molecule has 3 rings (SSSR count). The number of carbonyl (C=O) groups is 2. The standard InChI is InChI=1S/C24H23ClN2O4/c1-30-22-13-21(26)20(25)12-19(22)24(29)31-16-23(28)27(14-17-8-4-2-5-9-17)15-18-10-6-3-7-11-18/h2-13H,14-16,26H2,1H3. The first kappa shape index (κ1) is 22.2. The summed E-state index contributed by atoms with van der Waals surface area (Å²) in [6.45, 7) is 0.371. The molecule has 7 heteroatoms. The lowest BCUT2D eigenvalue weighted by molar-refractivity contribution is -0.135. The van der Waals surface area contributed by atoms with Gasteiger partial charge in [0.05, 0.1) is 17.8 Å². The summed E-state index contributed by atoms with van der Waals surface area (Å²) in [6.07, 6.45) is 0. The molecule has 0 aromatic heterocycles. The Bertz CT molecular complexity index is 1000. The monoisotopic (exact) mass is 438 g/mol. The summed E-state index contributed by atoms with van der Waals surface area (Å²) in [4.78, 5) is 27.1.